The maximum absolute atomic E-state index is 12.0. The fourth-order valence-electron chi connectivity index (χ4n) is 1.57. The van der Waals surface area contributed by atoms with Crippen LogP contribution in [-0.4, -0.2) is 34.7 Å². The van der Waals surface area contributed by atoms with Crippen molar-refractivity contribution in [1.29, 1.82) is 0 Å². The summed E-state index contributed by atoms with van der Waals surface area (Å²) in [5.74, 6) is 1.84. The molecule has 1 atom stereocenters. The molecule has 1 aromatic heterocycles. The van der Waals surface area contributed by atoms with Gasteiger partial charge >= 0.3 is 0 Å². The first-order valence-electron chi connectivity index (χ1n) is 5.57. The Hall–Kier alpha value is -1.14. The molecule has 1 unspecified atom stereocenters. The van der Waals surface area contributed by atoms with Crippen molar-refractivity contribution >= 4 is 10.8 Å². The van der Waals surface area contributed by atoms with Gasteiger partial charge in [0.2, 0.25) is 0 Å². The Morgan fingerprint density at radius 3 is 2.56 bits per heavy atom. The molecule has 6 heteroatoms. The van der Waals surface area contributed by atoms with E-state index in [9.17, 15) is 4.21 Å². The molecule has 1 aromatic rings. The predicted octanol–water partition coefficient (Wildman–Crippen LogP) is 1.08. The summed E-state index contributed by atoms with van der Waals surface area (Å²) >= 11 is 0. The van der Waals surface area contributed by atoms with Gasteiger partial charge in [0.15, 0.2) is 11.5 Å². The Morgan fingerprint density at radius 2 is 2.06 bits per heavy atom. The van der Waals surface area contributed by atoms with Crippen molar-refractivity contribution in [1.82, 2.24) is 4.98 Å². The number of rotatable bonds is 6. The molecule has 0 saturated heterocycles. The first-order chi connectivity index (χ1) is 8.37. The molecular formula is C12H20N2O3S. The quantitative estimate of drug-likeness (QED) is 0.839. The second kappa shape index (κ2) is 6.15. The second-order valence-electron chi connectivity index (χ2n) is 4.71. The van der Waals surface area contributed by atoms with E-state index in [1.54, 1.807) is 26.5 Å². The number of pyridine rings is 1. The van der Waals surface area contributed by atoms with Gasteiger partial charge in [-0.05, 0) is 13.8 Å². The molecular weight excluding hydrogens is 252 g/mol. The van der Waals surface area contributed by atoms with Gasteiger partial charge in [-0.15, -0.1) is 0 Å². The molecule has 0 aliphatic carbocycles. The molecule has 0 aliphatic rings. The van der Waals surface area contributed by atoms with Crippen molar-refractivity contribution in [2.75, 3.05) is 20.0 Å². The molecule has 18 heavy (non-hydrogen) atoms. The molecule has 0 aliphatic heterocycles. The summed E-state index contributed by atoms with van der Waals surface area (Å²) in [4.78, 5) is 4.19. The molecule has 2 N–H and O–H groups in total. The van der Waals surface area contributed by atoms with Crippen molar-refractivity contribution < 1.29 is 13.7 Å². The number of hydrogen-bond donors (Lipinski definition) is 1. The zero-order valence-electron chi connectivity index (χ0n) is 11.2. The molecule has 102 valence electrons. The van der Waals surface area contributed by atoms with Crippen LogP contribution in [-0.2, 0) is 16.6 Å². The molecule has 0 spiro atoms. The fraction of sp³-hybridized carbons (Fsp3) is 0.583. The van der Waals surface area contributed by atoms with E-state index in [0.717, 1.165) is 0 Å². The van der Waals surface area contributed by atoms with Crippen molar-refractivity contribution in [3.8, 4) is 11.5 Å². The van der Waals surface area contributed by atoms with Crippen molar-refractivity contribution in [2.24, 2.45) is 5.73 Å². The highest BCUT2D eigenvalue weighted by Gasteiger charge is 2.19. The third kappa shape index (κ3) is 4.27. The molecule has 1 rings (SSSR count). The Bertz CT molecular complexity index is 430. The maximum atomic E-state index is 12.0. The summed E-state index contributed by atoms with van der Waals surface area (Å²) < 4.78 is 22.4. The SMILES string of the molecule is COc1ccnc(CS(=O)CC(C)(C)N)c1OC. The lowest BCUT2D eigenvalue weighted by atomic mass is 10.1. The van der Waals surface area contributed by atoms with Gasteiger partial charge in [0, 0.05) is 34.4 Å². The first kappa shape index (κ1) is 14.9. The molecule has 0 aromatic carbocycles. The zero-order chi connectivity index (χ0) is 13.8. The Balaban J connectivity index is 2.87. The van der Waals surface area contributed by atoms with Crippen LogP contribution in [0.1, 0.15) is 19.5 Å². The van der Waals surface area contributed by atoms with E-state index in [4.69, 9.17) is 15.2 Å². The minimum Gasteiger partial charge on any atom is -0.493 e. The number of nitrogens with two attached hydrogens (primary N) is 1. The summed E-state index contributed by atoms with van der Waals surface area (Å²) in [6, 6.07) is 1.71. The highest BCUT2D eigenvalue weighted by molar-refractivity contribution is 7.84. The number of hydrogen-bond acceptors (Lipinski definition) is 5. The van der Waals surface area contributed by atoms with Crippen molar-refractivity contribution in [2.45, 2.75) is 25.1 Å². The second-order valence-corrected chi connectivity index (χ2v) is 6.17. The Kier molecular flexibility index (Phi) is 5.10. The van der Waals surface area contributed by atoms with Crippen LogP contribution in [0, 0.1) is 0 Å². The number of methoxy groups -OCH3 is 2. The monoisotopic (exact) mass is 272 g/mol. The number of nitrogens with zero attached hydrogens (tertiary/aromatic N) is 1. The molecule has 1 heterocycles. The summed E-state index contributed by atoms with van der Waals surface area (Å²) in [5.41, 5.74) is 6.01. The van der Waals surface area contributed by atoms with E-state index >= 15 is 0 Å². The molecule has 0 bridgehead atoms. The van der Waals surface area contributed by atoms with Crippen LogP contribution < -0.4 is 15.2 Å². The highest BCUT2D eigenvalue weighted by Crippen LogP contribution is 2.29. The van der Waals surface area contributed by atoms with Gasteiger partial charge in [-0.3, -0.25) is 9.19 Å². The van der Waals surface area contributed by atoms with Gasteiger partial charge < -0.3 is 15.2 Å². The lowest BCUT2D eigenvalue weighted by Crippen LogP contribution is -2.38. The van der Waals surface area contributed by atoms with Gasteiger partial charge in [0.05, 0.1) is 25.7 Å². The third-order valence-electron chi connectivity index (χ3n) is 2.20. The summed E-state index contributed by atoms with van der Waals surface area (Å²) in [6.07, 6.45) is 1.61. The van der Waals surface area contributed by atoms with Crippen molar-refractivity contribution in [3.63, 3.8) is 0 Å². The maximum Gasteiger partial charge on any atom is 0.183 e. The van der Waals surface area contributed by atoms with Crippen LogP contribution >= 0.6 is 0 Å². The largest absolute Gasteiger partial charge is 0.493 e. The van der Waals surface area contributed by atoms with Crippen LogP contribution in [0.2, 0.25) is 0 Å². The lowest BCUT2D eigenvalue weighted by Gasteiger charge is -2.18. The van der Waals surface area contributed by atoms with E-state index in [0.29, 0.717) is 28.7 Å². The fourth-order valence-corrected chi connectivity index (χ4v) is 3.01. The summed E-state index contributed by atoms with van der Waals surface area (Å²) in [5, 5.41) is 0. The Labute approximate surface area is 110 Å². The molecule has 0 amide bonds. The molecule has 0 radical (unpaired) electrons. The lowest BCUT2D eigenvalue weighted by molar-refractivity contribution is 0.350. The van der Waals surface area contributed by atoms with Gasteiger partial charge in [-0.2, -0.15) is 0 Å². The van der Waals surface area contributed by atoms with E-state index < -0.39 is 16.3 Å². The number of ether oxygens (including phenoxy) is 2. The van der Waals surface area contributed by atoms with Crippen LogP contribution in [0.15, 0.2) is 12.3 Å². The normalized spacial score (nSPS) is 13.2. The molecule has 0 fully saturated rings. The smallest absolute Gasteiger partial charge is 0.183 e. The van der Waals surface area contributed by atoms with Crippen LogP contribution in [0.5, 0.6) is 11.5 Å². The van der Waals surface area contributed by atoms with E-state index in [1.165, 1.54) is 0 Å². The van der Waals surface area contributed by atoms with Gasteiger partial charge in [0.25, 0.3) is 0 Å². The van der Waals surface area contributed by atoms with Gasteiger partial charge in [-0.1, -0.05) is 0 Å². The predicted molar refractivity (Wildman–Crippen MR) is 72.3 cm³/mol. The van der Waals surface area contributed by atoms with Crippen LogP contribution in [0.3, 0.4) is 0 Å². The minimum absolute atomic E-state index is 0.307. The average molecular weight is 272 g/mol. The zero-order valence-corrected chi connectivity index (χ0v) is 12.0. The molecule has 5 nitrogen and oxygen atoms in total. The van der Waals surface area contributed by atoms with Crippen LogP contribution in [0.4, 0.5) is 0 Å². The van der Waals surface area contributed by atoms with Crippen molar-refractivity contribution in [3.05, 3.63) is 18.0 Å². The van der Waals surface area contributed by atoms with E-state index in [1.807, 2.05) is 13.8 Å². The third-order valence-corrected chi connectivity index (χ3v) is 3.86. The Morgan fingerprint density at radius 1 is 1.39 bits per heavy atom. The minimum atomic E-state index is -1.09. The molecule has 0 saturated carbocycles. The summed E-state index contributed by atoms with van der Waals surface area (Å²) in [7, 11) is 2.01. The topological polar surface area (TPSA) is 74.4 Å². The van der Waals surface area contributed by atoms with Gasteiger partial charge in [0.1, 0.15) is 0 Å². The van der Waals surface area contributed by atoms with E-state index in [2.05, 4.69) is 4.98 Å². The van der Waals surface area contributed by atoms with Gasteiger partial charge in [-0.25, -0.2) is 0 Å². The standard InChI is InChI=1S/C12H20N2O3S/c1-12(2,13)8-18(15)7-9-11(17-4)10(16-3)5-6-14-9/h5-6H,7-8,13H2,1-4H3. The number of aromatic nitrogens is 1. The van der Waals surface area contributed by atoms with Crippen LogP contribution in [0.25, 0.3) is 0 Å². The average Bonchev–Trinajstić information content (AvgIpc) is 2.25. The first-order valence-corrected chi connectivity index (χ1v) is 7.06. The summed E-state index contributed by atoms with van der Waals surface area (Å²) in [6.45, 7) is 3.70. The highest BCUT2D eigenvalue weighted by atomic mass is 32.2. The van der Waals surface area contributed by atoms with E-state index in [-0.39, 0.29) is 0 Å².